The maximum atomic E-state index is 15.5. The van der Waals surface area contributed by atoms with Crippen LogP contribution in [-0.4, -0.2) is 0 Å². The van der Waals surface area contributed by atoms with Gasteiger partial charge in [0.1, 0.15) is 5.82 Å². The molecule has 1 aliphatic rings. The van der Waals surface area contributed by atoms with Gasteiger partial charge in [-0.1, -0.05) is 65.6 Å². The fourth-order valence-electron chi connectivity index (χ4n) is 4.46. The standard InChI is InChI=1S/C29H19F7.C2H4/c1-19-13-14-26(30)25(15-19)27(18-20-7-3-2-4-8-20,21-9-5-11-23(16-21)28(31,32)33)22-10-6-12-24(17-22)29(34,35)36;1-2/h3,5-17H,18H2,1H3;1-2H2. The van der Waals surface area contributed by atoms with Gasteiger partial charge >= 0.3 is 12.4 Å². The number of halogens is 7. The Morgan fingerprint density at radius 2 is 1.24 bits per heavy atom. The van der Waals surface area contributed by atoms with Gasteiger partial charge in [-0.15, -0.1) is 13.2 Å². The van der Waals surface area contributed by atoms with Crippen molar-refractivity contribution in [2.45, 2.75) is 31.1 Å². The van der Waals surface area contributed by atoms with E-state index in [1.54, 1.807) is 13.0 Å². The van der Waals surface area contributed by atoms with Crippen LogP contribution in [-0.2, 0) is 17.8 Å². The lowest BCUT2D eigenvalue weighted by Crippen LogP contribution is -2.32. The molecule has 4 rings (SSSR count). The van der Waals surface area contributed by atoms with Gasteiger partial charge in [0.25, 0.3) is 0 Å². The molecule has 1 aliphatic carbocycles. The fraction of sp³-hybridized carbons (Fsp3) is 0.161. The van der Waals surface area contributed by atoms with E-state index in [4.69, 9.17) is 0 Å². The molecule has 3 aromatic rings. The minimum Gasteiger partial charge on any atom is -0.207 e. The minimum atomic E-state index is -4.71. The van der Waals surface area contributed by atoms with Gasteiger partial charge in [0.05, 0.1) is 16.5 Å². The average molecular weight is 529 g/mol. The van der Waals surface area contributed by atoms with Gasteiger partial charge in [-0.05, 0) is 66.5 Å². The Bertz CT molecular complexity index is 1380. The summed E-state index contributed by atoms with van der Waals surface area (Å²) in [7, 11) is 0. The first-order valence-corrected chi connectivity index (χ1v) is 11.4. The second kappa shape index (κ2) is 11.1. The van der Waals surface area contributed by atoms with E-state index >= 15 is 4.39 Å². The van der Waals surface area contributed by atoms with E-state index < -0.39 is 34.7 Å². The number of hydrogen-bond acceptors (Lipinski definition) is 0. The Kier molecular flexibility index (Phi) is 8.36. The lowest BCUT2D eigenvalue weighted by atomic mass is 9.65. The van der Waals surface area contributed by atoms with E-state index in [0.29, 0.717) is 11.1 Å². The van der Waals surface area contributed by atoms with Crippen LogP contribution in [0.25, 0.3) is 0 Å². The van der Waals surface area contributed by atoms with Crippen LogP contribution in [0.4, 0.5) is 30.7 Å². The van der Waals surface area contributed by atoms with Gasteiger partial charge in [-0.2, -0.15) is 26.3 Å². The molecule has 0 spiro atoms. The smallest absolute Gasteiger partial charge is 0.207 e. The van der Waals surface area contributed by atoms with Crippen LogP contribution in [0.2, 0.25) is 0 Å². The summed E-state index contributed by atoms with van der Waals surface area (Å²) in [5, 5.41) is 0. The van der Waals surface area contributed by atoms with Crippen molar-refractivity contribution in [1.29, 1.82) is 0 Å². The average Bonchev–Trinajstić information content (AvgIpc) is 2.90. The maximum absolute atomic E-state index is 15.5. The van der Waals surface area contributed by atoms with Crippen molar-refractivity contribution in [3.63, 3.8) is 0 Å². The molecule has 0 heterocycles. The Balaban J connectivity index is 0.00000195. The molecule has 0 amide bonds. The van der Waals surface area contributed by atoms with E-state index in [-0.39, 0.29) is 23.1 Å². The number of benzene rings is 3. The van der Waals surface area contributed by atoms with Gasteiger partial charge in [0, 0.05) is 5.56 Å². The van der Waals surface area contributed by atoms with E-state index in [1.807, 2.05) is 0 Å². The monoisotopic (exact) mass is 528 g/mol. The fourth-order valence-corrected chi connectivity index (χ4v) is 4.46. The van der Waals surface area contributed by atoms with Crippen molar-refractivity contribution in [2.24, 2.45) is 0 Å². The highest BCUT2D eigenvalue weighted by atomic mass is 19.4. The van der Waals surface area contributed by atoms with Crippen molar-refractivity contribution in [3.8, 4) is 0 Å². The molecule has 0 saturated carbocycles. The molecule has 3 aromatic carbocycles. The molecular formula is C31H23F7. The maximum Gasteiger partial charge on any atom is 0.416 e. The van der Waals surface area contributed by atoms with Crippen LogP contribution in [0.3, 0.4) is 0 Å². The lowest BCUT2D eigenvalue weighted by molar-refractivity contribution is -0.138. The van der Waals surface area contributed by atoms with E-state index in [2.05, 4.69) is 24.6 Å². The zero-order chi connectivity index (χ0) is 28.1. The molecule has 0 saturated heterocycles. The van der Waals surface area contributed by atoms with Crippen molar-refractivity contribution < 1.29 is 30.7 Å². The molecule has 7 heteroatoms. The van der Waals surface area contributed by atoms with Gasteiger partial charge in [0.15, 0.2) is 0 Å². The summed E-state index contributed by atoms with van der Waals surface area (Å²) in [6, 6.07) is 12.8. The topological polar surface area (TPSA) is 0 Å². The van der Waals surface area contributed by atoms with Crippen LogP contribution in [0.5, 0.6) is 0 Å². The third-order valence-electron chi connectivity index (χ3n) is 6.14. The Morgan fingerprint density at radius 3 is 1.71 bits per heavy atom. The van der Waals surface area contributed by atoms with Crippen molar-refractivity contribution in [2.75, 3.05) is 0 Å². The van der Waals surface area contributed by atoms with Gasteiger partial charge in [0.2, 0.25) is 0 Å². The third-order valence-corrected chi connectivity index (χ3v) is 6.14. The molecule has 0 radical (unpaired) electrons. The number of hydrogen-bond donors (Lipinski definition) is 0. The van der Waals surface area contributed by atoms with Gasteiger partial charge < -0.3 is 0 Å². The lowest BCUT2D eigenvalue weighted by Gasteiger charge is -2.37. The van der Waals surface area contributed by atoms with Gasteiger partial charge in [-0.25, -0.2) is 4.39 Å². The molecule has 0 nitrogen and oxygen atoms in total. The van der Waals surface area contributed by atoms with Crippen molar-refractivity contribution in [1.82, 2.24) is 0 Å². The van der Waals surface area contributed by atoms with Crippen molar-refractivity contribution in [3.05, 3.63) is 154 Å². The summed E-state index contributed by atoms with van der Waals surface area (Å²) >= 11 is 0. The first-order valence-electron chi connectivity index (χ1n) is 11.4. The second-order valence-corrected chi connectivity index (χ2v) is 8.56. The summed E-state index contributed by atoms with van der Waals surface area (Å²) in [4.78, 5) is 0. The molecule has 38 heavy (non-hydrogen) atoms. The summed E-state index contributed by atoms with van der Waals surface area (Å²) in [6.07, 6.45) is -4.86. The number of rotatable bonds is 5. The Labute approximate surface area is 216 Å². The van der Waals surface area contributed by atoms with Crippen LogP contribution in [0.15, 0.2) is 115 Å². The summed E-state index contributed by atoms with van der Waals surface area (Å²) in [5.41, 5.74) is 2.89. The van der Waals surface area contributed by atoms with E-state index in [9.17, 15) is 26.3 Å². The zero-order valence-corrected chi connectivity index (χ0v) is 20.3. The molecule has 0 atom stereocenters. The predicted molar refractivity (Wildman–Crippen MR) is 134 cm³/mol. The molecule has 0 unspecified atom stereocenters. The molecule has 0 aliphatic heterocycles. The molecule has 0 bridgehead atoms. The number of aryl methyl sites for hydroxylation is 1. The van der Waals surface area contributed by atoms with Crippen LogP contribution < -0.4 is 0 Å². The second-order valence-electron chi connectivity index (χ2n) is 8.56. The highest BCUT2D eigenvalue weighted by Crippen LogP contribution is 2.48. The largest absolute Gasteiger partial charge is 0.416 e. The molecular weight excluding hydrogens is 505 g/mol. The predicted octanol–water partition coefficient (Wildman–Crippen LogP) is 9.50. The van der Waals surface area contributed by atoms with Crippen LogP contribution in [0.1, 0.15) is 39.8 Å². The Morgan fingerprint density at radius 1 is 0.711 bits per heavy atom. The molecule has 0 N–H and O–H groups in total. The molecule has 196 valence electrons. The van der Waals surface area contributed by atoms with E-state index in [0.717, 1.165) is 24.3 Å². The summed E-state index contributed by atoms with van der Waals surface area (Å²) in [6.45, 7) is 7.68. The summed E-state index contributed by atoms with van der Waals surface area (Å²) < 4.78 is 97.9. The first-order chi connectivity index (χ1) is 17.9. The minimum absolute atomic E-state index is 0.00832. The third kappa shape index (κ3) is 5.91. The molecule has 0 aromatic heterocycles. The van der Waals surface area contributed by atoms with E-state index in [1.165, 1.54) is 54.6 Å². The SMILES string of the molecule is C=C.Cc1ccc(F)c(C(CC2=CC=C=C=C2)(c2cccc(C(F)(F)F)c2)c2cccc(C(F)(F)F)c2)c1. The number of alkyl halides is 6. The molecule has 0 fully saturated rings. The highest BCUT2D eigenvalue weighted by molar-refractivity contribution is 5.55. The quantitative estimate of drug-likeness (QED) is 0.134. The summed E-state index contributed by atoms with van der Waals surface area (Å²) in [5.74, 6) is -0.748. The van der Waals surface area contributed by atoms with Crippen LogP contribution >= 0.6 is 0 Å². The zero-order valence-electron chi connectivity index (χ0n) is 20.3. The number of allylic oxidation sites excluding steroid dienone is 4. The Hall–Kier alpha value is -4.05. The highest BCUT2D eigenvalue weighted by Gasteiger charge is 2.42. The normalized spacial score (nSPS) is 13.1. The van der Waals surface area contributed by atoms with Crippen molar-refractivity contribution >= 4 is 0 Å². The van der Waals surface area contributed by atoms with Crippen LogP contribution in [0, 0.1) is 12.7 Å². The first kappa shape index (κ1) is 28.5. The van der Waals surface area contributed by atoms with Gasteiger partial charge in [-0.3, -0.25) is 0 Å².